The molecule has 3 aliphatic rings. The number of rotatable bonds is 7. The van der Waals surface area contributed by atoms with Gasteiger partial charge in [-0.15, -0.1) is 0 Å². The molecule has 6 atom stereocenters. The van der Waals surface area contributed by atoms with Crippen molar-refractivity contribution in [2.75, 3.05) is 27.8 Å². The van der Waals surface area contributed by atoms with Gasteiger partial charge < -0.3 is 9.47 Å². The first-order chi connectivity index (χ1) is 16.1. The maximum atomic E-state index is 12.5. The summed E-state index contributed by atoms with van der Waals surface area (Å²) < 4.78 is 40.1. The molecule has 9 nitrogen and oxygen atoms in total. The smallest absolute Gasteiger partial charge is 0.410 e. The molecule has 1 saturated heterocycles. The van der Waals surface area contributed by atoms with Crippen molar-refractivity contribution in [1.29, 1.82) is 5.26 Å². The molecule has 3 fully saturated rings. The van der Waals surface area contributed by atoms with Crippen LogP contribution in [0.2, 0.25) is 0 Å². The molecule has 0 spiro atoms. The first-order valence-electron chi connectivity index (χ1n) is 11.8. The molecule has 2 saturated carbocycles. The van der Waals surface area contributed by atoms with Gasteiger partial charge in [0.1, 0.15) is 0 Å². The molecular weight excluding hydrogens is 456 g/mol. The Morgan fingerprint density at radius 2 is 2.00 bits per heavy atom. The number of carbonyl (C=O) groups excluding carboxylic acids is 1. The average Bonchev–Trinajstić information content (AvgIpc) is 3.47. The van der Waals surface area contributed by atoms with Crippen molar-refractivity contribution >= 4 is 16.3 Å². The minimum atomic E-state index is -3.65. The zero-order valence-electron chi connectivity index (χ0n) is 20.2. The third kappa shape index (κ3) is 4.67. The van der Waals surface area contributed by atoms with E-state index in [0.29, 0.717) is 17.9 Å². The van der Waals surface area contributed by atoms with Crippen LogP contribution in [0.5, 0.6) is 0 Å². The molecule has 186 valence electrons. The van der Waals surface area contributed by atoms with Gasteiger partial charge in [0.05, 0.1) is 37.5 Å². The lowest BCUT2D eigenvalue weighted by molar-refractivity contribution is -0.00998. The molecule has 0 radical (unpaired) electrons. The molecule has 3 unspecified atom stereocenters. The van der Waals surface area contributed by atoms with Crippen molar-refractivity contribution in [3.05, 3.63) is 35.4 Å². The molecule has 34 heavy (non-hydrogen) atoms. The monoisotopic (exact) mass is 490 g/mol. The SMILES string of the molecule is COC(=O)N1[C@H](C)C[C@H](NS(=O)(=O)N(C)C)[C@@H]1COC1CCC2(c3ccc(C#N)cc3)CC2C1. The molecule has 10 heteroatoms. The molecule has 1 aliphatic heterocycles. The summed E-state index contributed by atoms with van der Waals surface area (Å²) in [6, 6.07) is 9.04. The number of amides is 1. The van der Waals surface area contributed by atoms with Crippen molar-refractivity contribution in [2.45, 2.75) is 68.7 Å². The predicted octanol–water partition coefficient (Wildman–Crippen LogP) is 2.38. The van der Waals surface area contributed by atoms with E-state index >= 15 is 0 Å². The van der Waals surface area contributed by atoms with E-state index in [4.69, 9.17) is 14.7 Å². The topological polar surface area (TPSA) is 112 Å². The molecule has 1 N–H and O–H groups in total. The van der Waals surface area contributed by atoms with Crippen LogP contribution in [-0.2, 0) is 25.1 Å². The highest BCUT2D eigenvalue weighted by molar-refractivity contribution is 7.87. The van der Waals surface area contributed by atoms with Crippen molar-refractivity contribution in [3.63, 3.8) is 0 Å². The number of fused-ring (bicyclic) bond motifs is 1. The summed E-state index contributed by atoms with van der Waals surface area (Å²) >= 11 is 0. The quantitative estimate of drug-likeness (QED) is 0.628. The number of benzene rings is 1. The van der Waals surface area contributed by atoms with Gasteiger partial charge in [-0.05, 0) is 68.1 Å². The largest absolute Gasteiger partial charge is 0.453 e. The Hall–Kier alpha value is -2.19. The lowest BCUT2D eigenvalue weighted by atomic mass is 9.81. The predicted molar refractivity (Wildman–Crippen MR) is 126 cm³/mol. The minimum absolute atomic E-state index is 0.0699. The van der Waals surface area contributed by atoms with Gasteiger partial charge >= 0.3 is 6.09 Å². The van der Waals surface area contributed by atoms with E-state index in [-0.39, 0.29) is 24.2 Å². The molecule has 2 aliphatic carbocycles. The summed E-state index contributed by atoms with van der Waals surface area (Å²) in [4.78, 5) is 14.1. The number of hydrogen-bond acceptors (Lipinski definition) is 6. The number of methoxy groups -OCH3 is 1. The molecular formula is C24H34N4O5S. The number of nitriles is 1. The maximum Gasteiger partial charge on any atom is 0.410 e. The Kier molecular flexibility index (Phi) is 6.93. The van der Waals surface area contributed by atoms with Crippen LogP contribution < -0.4 is 4.72 Å². The second-order valence-corrected chi connectivity index (χ2v) is 11.9. The van der Waals surface area contributed by atoms with Gasteiger partial charge in [0.15, 0.2) is 0 Å². The Labute approximate surface area is 202 Å². The summed E-state index contributed by atoms with van der Waals surface area (Å²) in [5.41, 5.74) is 2.17. The van der Waals surface area contributed by atoms with E-state index in [9.17, 15) is 13.2 Å². The number of carbonyl (C=O) groups is 1. The fraction of sp³-hybridized carbons (Fsp3) is 0.667. The number of nitrogens with one attached hydrogen (secondary N) is 1. The van der Waals surface area contributed by atoms with Crippen LogP contribution in [-0.4, -0.2) is 75.8 Å². The molecule has 1 aromatic rings. The first-order valence-corrected chi connectivity index (χ1v) is 13.2. The van der Waals surface area contributed by atoms with Crippen molar-refractivity contribution in [2.24, 2.45) is 5.92 Å². The highest BCUT2D eigenvalue weighted by Crippen LogP contribution is 2.62. The van der Waals surface area contributed by atoms with Gasteiger partial charge in [0.25, 0.3) is 10.2 Å². The second-order valence-electron chi connectivity index (χ2n) is 10.0. The van der Waals surface area contributed by atoms with Gasteiger partial charge in [-0.3, -0.25) is 4.90 Å². The molecule has 4 rings (SSSR count). The third-order valence-electron chi connectivity index (χ3n) is 7.84. The summed E-state index contributed by atoms with van der Waals surface area (Å²) in [6.45, 7) is 2.14. The zero-order valence-corrected chi connectivity index (χ0v) is 21.0. The van der Waals surface area contributed by atoms with Crippen LogP contribution in [0, 0.1) is 17.2 Å². The number of hydrogen-bond donors (Lipinski definition) is 1. The van der Waals surface area contributed by atoms with E-state index in [0.717, 1.165) is 30.0 Å². The summed E-state index contributed by atoms with van der Waals surface area (Å²) in [5, 5.41) is 9.05. The Morgan fingerprint density at radius 1 is 1.29 bits per heavy atom. The maximum absolute atomic E-state index is 12.5. The number of likely N-dealkylation sites (tertiary alicyclic amines) is 1. The normalized spacial score (nSPS) is 32.8. The number of nitrogens with zero attached hydrogens (tertiary/aromatic N) is 3. The van der Waals surface area contributed by atoms with E-state index in [1.165, 1.54) is 26.8 Å². The van der Waals surface area contributed by atoms with Crippen molar-refractivity contribution < 1.29 is 22.7 Å². The summed E-state index contributed by atoms with van der Waals surface area (Å²) in [7, 11) is 0.629. The Morgan fingerprint density at radius 3 is 2.59 bits per heavy atom. The van der Waals surface area contributed by atoms with Crippen LogP contribution in [0.1, 0.15) is 50.2 Å². The highest BCUT2D eigenvalue weighted by Gasteiger charge is 2.57. The summed E-state index contributed by atoms with van der Waals surface area (Å²) in [5.74, 6) is 0.543. The third-order valence-corrected chi connectivity index (χ3v) is 9.40. The Bertz CT molecular complexity index is 1050. The number of ether oxygens (including phenoxy) is 2. The van der Waals surface area contributed by atoms with E-state index < -0.39 is 28.4 Å². The molecule has 0 bridgehead atoms. The van der Waals surface area contributed by atoms with Crippen LogP contribution in [0.25, 0.3) is 0 Å². The Balaban J connectivity index is 1.40. The van der Waals surface area contributed by atoms with E-state index in [1.54, 1.807) is 4.90 Å². The molecule has 1 amide bonds. The van der Waals surface area contributed by atoms with Crippen LogP contribution in [0.4, 0.5) is 4.79 Å². The summed E-state index contributed by atoms with van der Waals surface area (Å²) in [6.07, 6.45) is 4.08. The minimum Gasteiger partial charge on any atom is -0.453 e. The van der Waals surface area contributed by atoms with Crippen LogP contribution >= 0.6 is 0 Å². The van der Waals surface area contributed by atoms with Gasteiger partial charge in [-0.2, -0.15) is 22.7 Å². The van der Waals surface area contributed by atoms with Crippen molar-refractivity contribution in [1.82, 2.24) is 13.9 Å². The van der Waals surface area contributed by atoms with E-state index in [1.807, 2.05) is 19.1 Å². The van der Waals surface area contributed by atoms with Crippen molar-refractivity contribution in [3.8, 4) is 6.07 Å². The molecule has 1 heterocycles. The van der Waals surface area contributed by atoms with Gasteiger partial charge in [-0.25, -0.2) is 4.79 Å². The van der Waals surface area contributed by atoms with Gasteiger partial charge in [0.2, 0.25) is 0 Å². The average molecular weight is 491 g/mol. The lowest BCUT2D eigenvalue weighted by Crippen LogP contribution is -2.52. The van der Waals surface area contributed by atoms with Crippen LogP contribution in [0.3, 0.4) is 0 Å². The van der Waals surface area contributed by atoms with Gasteiger partial charge in [-0.1, -0.05) is 12.1 Å². The first kappa shape index (κ1) is 24.9. The second kappa shape index (κ2) is 9.46. The van der Waals surface area contributed by atoms with Gasteiger partial charge in [0, 0.05) is 26.2 Å². The standard InChI is InChI=1S/C24H34N4O5S/c1-16-11-21(26-34(30,31)27(2)3)22(28(16)23(29)32-4)15-33-20-9-10-24(13-19(24)12-20)18-7-5-17(14-25)6-8-18/h5-8,16,19-22,26H,9-13,15H2,1-4H3/t16-,19?,20?,21+,22+,24?/m1/s1. The fourth-order valence-electron chi connectivity index (χ4n) is 5.81. The fourth-order valence-corrected chi connectivity index (χ4v) is 6.66. The highest BCUT2D eigenvalue weighted by atomic mass is 32.2. The zero-order chi connectivity index (χ0) is 24.7. The molecule has 1 aromatic carbocycles. The van der Waals surface area contributed by atoms with E-state index in [2.05, 4.69) is 22.9 Å². The lowest BCUT2D eigenvalue weighted by Gasteiger charge is -2.33. The van der Waals surface area contributed by atoms with Crippen LogP contribution in [0.15, 0.2) is 24.3 Å². The molecule has 0 aromatic heterocycles.